The van der Waals surface area contributed by atoms with Crippen LogP contribution in [0.25, 0.3) is 5.70 Å². The van der Waals surface area contributed by atoms with E-state index in [0.717, 1.165) is 28.5 Å². The van der Waals surface area contributed by atoms with Crippen molar-refractivity contribution in [3.63, 3.8) is 0 Å². The molecule has 1 aromatic heterocycles. The van der Waals surface area contributed by atoms with Crippen molar-refractivity contribution in [2.75, 3.05) is 7.05 Å². The highest BCUT2D eigenvalue weighted by Crippen LogP contribution is 2.27. The molecular formula is C19H30N4. The minimum absolute atomic E-state index is 0.467. The van der Waals surface area contributed by atoms with E-state index in [1.807, 2.05) is 38.5 Å². The van der Waals surface area contributed by atoms with Crippen molar-refractivity contribution in [2.24, 2.45) is 9.98 Å². The van der Waals surface area contributed by atoms with Gasteiger partial charge in [0, 0.05) is 18.3 Å². The first-order valence-electron chi connectivity index (χ1n) is 8.38. The van der Waals surface area contributed by atoms with Gasteiger partial charge in [0.05, 0.1) is 17.1 Å². The molecule has 2 heterocycles. The zero-order valence-corrected chi connectivity index (χ0v) is 16.0. The Kier molecular flexibility index (Phi) is 6.67. The summed E-state index contributed by atoms with van der Waals surface area (Å²) in [5.41, 5.74) is 6.62. The van der Waals surface area contributed by atoms with Gasteiger partial charge in [-0.2, -0.15) is 5.10 Å². The highest BCUT2D eigenvalue weighted by Gasteiger charge is 2.21. The Morgan fingerprint density at radius 3 is 2.22 bits per heavy atom. The maximum Gasteiger partial charge on any atom is 0.154 e. The predicted octanol–water partition coefficient (Wildman–Crippen LogP) is 4.94. The number of allylic oxidation sites excluding steroid dienone is 2. The molecule has 0 aromatic carbocycles. The third-order valence-electron chi connectivity index (χ3n) is 3.87. The van der Waals surface area contributed by atoms with Crippen LogP contribution in [0.3, 0.4) is 0 Å². The Morgan fingerprint density at radius 1 is 1.17 bits per heavy atom. The SMILES string of the molecule is C/C=C1/C=C(n2nc(C)c(C(C)C)c2C)C(C)=NC1=NC.CC. The van der Waals surface area contributed by atoms with Gasteiger partial charge in [0.2, 0.25) is 0 Å². The molecule has 1 aromatic rings. The lowest BCUT2D eigenvalue weighted by atomic mass is 10.0. The summed E-state index contributed by atoms with van der Waals surface area (Å²) in [6, 6.07) is 0. The van der Waals surface area contributed by atoms with Crippen molar-refractivity contribution >= 4 is 17.2 Å². The van der Waals surface area contributed by atoms with E-state index in [1.165, 1.54) is 11.3 Å². The number of aromatic nitrogens is 2. The summed E-state index contributed by atoms with van der Waals surface area (Å²) in [6.45, 7) is 16.6. The zero-order valence-electron chi connectivity index (χ0n) is 16.0. The van der Waals surface area contributed by atoms with Crippen LogP contribution >= 0.6 is 0 Å². The smallest absolute Gasteiger partial charge is 0.154 e. The number of hydrogen-bond acceptors (Lipinski definition) is 2. The highest BCUT2D eigenvalue weighted by molar-refractivity contribution is 6.27. The van der Waals surface area contributed by atoms with Gasteiger partial charge in [0.1, 0.15) is 0 Å². The normalized spacial score (nSPS) is 18.0. The molecule has 0 unspecified atom stereocenters. The van der Waals surface area contributed by atoms with E-state index < -0.39 is 0 Å². The van der Waals surface area contributed by atoms with Crippen molar-refractivity contribution in [1.82, 2.24) is 9.78 Å². The minimum Gasteiger partial charge on any atom is -0.270 e. The molecule has 0 saturated heterocycles. The molecule has 0 N–H and O–H groups in total. The van der Waals surface area contributed by atoms with Crippen LogP contribution in [0.4, 0.5) is 0 Å². The summed E-state index contributed by atoms with van der Waals surface area (Å²) in [4.78, 5) is 8.84. The van der Waals surface area contributed by atoms with E-state index in [-0.39, 0.29) is 0 Å². The molecule has 2 rings (SSSR count). The first kappa shape index (κ1) is 19.1. The Morgan fingerprint density at radius 2 is 1.78 bits per heavy atom. The molecule has 4 nitrogen and oxygen atoms in total. The van der Waals surface area contributed by atoms with Gasteiger partial charge >= 0.3 is 0 Å². The van der Waals surface area contributed by atoms with Crippen LogP contribution in [0.1, 0.15) is 64.4 Å². The van der Waals surface area contributed by atoms with Crippen LogP contribution in [0.2, 0.25) is 0 Å². The topological polar surface area (TPSA) is 42.5 Å². The summed E-state index contributed by atoms with van der Waals surface area (Å²) in [5.74, 6) is 1.25. The van der Waals surface area contributed by atoms with Gasteiger partial charge in [-0.25, -0.2) is 9.67 Å². The zero-order chi connectivity index (χ0) is 17.7. The Balaban J connectivity index is 0.00000127. The molecule has 1 aliphatic rings. The molecule has 0 radical (unpaired) electrons. The Hall–Kier alpha value is -1.97. The lowest BCUT2D eigenvalue weighted by Gasteiger charge is -2.17. The number of nitrogens with zero attached hydrogens (tertiary/aromatic N) is 4. The number of dihydropyridines is 1. The van der Waals surface area contributed by atoms with Crippen LogP contribution in [-0.2, 0) is 0 Å². The highest BCUT2D eigenvalue weighted by atomic mass is 15.3. The van der Waals surface area contributed by atoms with Crippen molar-refractivity contribution in [3.8, 4) is 0 Å². The molecule has 0 aliphatic carbocycles. The van der Waals surface area contributed by atoms with Gasteiger partial charge in [-0.05, 0) is 45.3 Å². The Labute approximate surface area is 140 Å². The number of amidine groups is 1. The number of hydrogen-bond donors (Lipinski definition) is 0. The molecule has 4 heteroatoms. The van der Waals surface area contributed by atoms with Crippen molar-refractivity contribution < 1.29 is 0 Å². The fourth-order valence-electron chi connectivity index (χ4n) is 2.93. The minimum atomic E-state index is 0.467. The first-order valence-corrected chi connectivity index (χ1v) is 8.38. The van der Waals surface area contributed by atoms with E-state index in [0.29, 0.717) is 5.92 Å². The van der Waals surface area contributed by atoms with Gasteiger partial charge < -0.3 is 0 Å². The Bertz CT molecular complexity index is 682. The molecule has 0 saturated carbocycles. The van der Waals surface area contributed by atoms with Crippen LogP contribution in [0, 0.1) is 13.8 Å². The number of aryl methyl sites for hydroxylation is 1. The summed E-state index contributed by atoms with van der Waals surface area (Å²) < 4.78 is 2.01. The molecule has 126 valence electrons. The van der Waals surface area contributed by atoms with Crippen molar-refractivity contribution in [1.29, 1.82) is 0 Å². The third kappa shape index (κ3) is 3.69. The second-order valence-corrected chi connectivity index (χ2v) is 5.67. The standard InChI is InChI=1S/C17H24N4.C2H6/c1-8-14-9-15(11(4)19-17(14)18-7)21-13(6)16(10(2)3)12(5)20-21;1-2/h8-10H,1-7H3;1-2H3/b14-8-,18-17?;. The second-order valence-electron chi connectivity index (χ2n) is 5.67. The van der Waals surface area contributed by atoms with Crippen molar-refractivity contribution in [2.45, 2.75) is 61.3 Å². The van der Waals surface area contributed by atoms with E-state index >= 15 is 0 Å². The van der Waals surface area contributed by atoms with Crippen molar-refractivity contribution in [3.05, 3.63) is 34.7 Å². The summed E-state index contributed by atoms with van der Waals surface area (Å²) in [6.07, 6.45) is 4.15. The lowest BCUT2D eigenvalue weighted by molar-refractivity contribution is 0.838. The molecular weight excluding hydrogens is 284 g/mol. The van der Waals surface area contributed by atoms with Crippen LogP contribution in [0.5, 0.6) is 0 Å². The van der Waals surface area contributed by atoms with Gasteiger partial charge in [-0.1, -0.05) is 33.8 Å². The number of rotatable bonds is 2. The van der Waals surface area contributed by atoms with Gasteiger partial charge in [-0.3, -0.25) is 4.99 Å². The fourth-order valence-corrected chi connectivity index (χ4v) is 2.93. The lowest BCUT2D eigenvalue weighted by Crippen LogP contribution is -2.17. The van der Waals surface area contributed by atoms with Gasteiger partial charge in [0.25, 0.3) is 0 Å². The molecule has 0 atom stereocenters. The number of aliphatic imine (C=N–C) groups is 2. The summed E-state index contributed by atoms with van der Waals surface area (Å²) in [5, 5.41) is 4.73. The monoisotopic (exact) mass is 314 g/mol. The molecule has 0 amide bonds. The molecule has 0 spiro atoms. The predicted molar refractivity (Wildman–Crippen MR) is 102 cm³/mol. The molecule has 23 heavy (non-hydrogen) atoms. The average molecular weight is 314 g/mol. The largest absolute Gasteiger partial charge is 0.270 e. The van der Waals surface area contributed by atoms with Crippen LogP contribution in [-0.4, -0.2) is 28.4 Å². The van der Waals surface area contributed by atoms with E-state index in [2.05, 4.69) is 43.8 Å². The fraction of sp³-hybridized carbons (Fsp3) is 0.526. The van der Waals surface area contributed by atoms with E-state index in [1.54, 1.807) is 7.05 Å². The average Bonchev–Trinajstić information content (AvgIpc) is 2.83. The second kappa shape index (κ2) is 8.04. The van der Waals surface area contributed by atoms with E-state index in [9.17, 15) is 0 Å². The van der Waals surface area contributed by atoms with Crippen LogP contribution in [0.15, 0.2) is 27.7 Å². The summed E-state index contributed by atoms with van der Waals surface area (Å²) >= 11 is 0. The summed E-state index contributed by atoms with van der Waals surface area (Å²) in [7, 11) is 1.77. The van der Waals surface area contributed by atoms with Crippen LogP contribution < -0.4 is 0 Å². The molecule has 0 bridgehead atoms. The molecule has 0 fully saturated rings. The van der Waals surface area contributed by atoms with Gasteiger partial charge in [-0.15, -0.1) is 0 Å². The van der Waals surface area contributed by atoms with Gasteiger partial charge in [0.15, 0.2) is 5.84 Å². The quantitative estimate of drug-likeness (QED) is 0.762. The maximum atomic E-state index is 4.73. The first-order chi connectivity index (χ1) is 10.9. The third-order valence-corrected chi connectivity index (χ3v) is 3.87. The maximum absolute atomic E-state index is 4.73. The van der Waals surface area contributed by atoms with E-state index in [4.69, 9.17) is 5.10 Å². The molecule has 1 aliphatic heterocycles.